The minimum atomic E-state index is -0.0735. The van der Waals surface area contributed by atoms with Crippen molar-refractivity contribution in [3.8, 4) is 0 Å². The average Bonchev–Trinajstić information content (AvgIpc) is 2.54. The number of allylic oxidation sites excluding steroid dienone is 1. The molecule has 4 nitrogen and oxygen atoms in total. The second kappa shape index (κ2) is 8.85. The number of hydrogen-bond donors (Lipinski definition) is 2. The molecule has 118 valence electrons. The molecule has 4 heteroatoms. The van der Waals surface area contributed by atoms with Gasteiger partial charge in [-0.3, -0.25) is 9.59 Å². The molecule has 0 heterocycles. The molecule has 0 radical (unpaired) electrons. The van der Waals surface area contributed by atoms with Crippen LogP contribution in [0.15, 0.2) is 11.6 Å². The van der Waals surface area contributed by atoms with Crippen LogP contribution in [0.5, 0.6) is 0 Å². The van der Waals surface area contributed by atoms with E-state index in [-0.39, 0.29) is 24.3 Å². The summed E-state index contributed by atoms with van der Waals surface area (Å²) in [6, 6.07) is 0. The zero-order valence-electron chi connectivity index (χ0n) is 13.0. The van der Waals surface area contributed by atoms with E-state index in [0.29, 0.717) is 6.54 Å². The normalized spacial score (nSPS) is 19.7. The molecule has 0 aromatic rings. The molecule has 0 bridgehead atoms. The van der Waals surface area contributed by atoms with Crippen LogP contribution in [0.2, 0.25) is 0 Å². The maximum Gasteiger partial charge on any atom is 0.239 e. The molecule has 0 atom stereocenters. The third-order valence-electron chi connectivity index (χ3n) is 4.55. The van der Waals surface area contributed by atoms with E-state index in [0.717, 1.165) is 32.1 Å². The highest BCUT2D eigenvalue weighted by Gasteiger charge is 2.21. The Bertz CT molecular complexity index is 384. The van der Waals surface area contributed by atoms with Gasteiger partial charge < -0.3 is 10.6 Å². The van der Waals surface area contributed by atoms with Gasteiger partial charge in [-0.2, -0.15) is 0 Å². The summed E-state index contributed by atoms with van der Waals surface area (Å²) in [4.78, 5) is 23.7. The lowest BCUT2D eigenvalue weighted by atomic mass is 9.89. The van der Waals surface area contributed by atoms with Crippen molar-refractivity contribution in [1.29, 1.82) is 0 Å². The van der Waals surface area contributed by atoms with Crippen molar-refractivity contribution < 1.29 is 9.59 Å². The van der Waals surface area contributed by atoms with E-state index in [1.54, 1.807) is 0 Å². The first-order valence-corrected chi connectivity index (χ1v) is 8.48. The van der Waals surface area contributed by atoms with Crippen LogP contribution in [0.25, 0.3) is 0 Å². The van der Waals surface area contributed by atoms with Crippen molar-refractivity contribution in [3.63, 3.8) is 0 Å². The van der Waals surface area contributed by atoms with Gasteiger partial charge in [0.25, 0.3) is 0 Å². The summed E-state index contributed by atoms with van der Waals surface area (Å²) in [5, 5.41) is 5.67. The first-order valence-electron chi connectivity index (χ1n) is 8.48. The molecular weight excluding hydrogens is 264 g/mol. The summed E-state index contributed by atoms with van der Waals surface area (Å²) in [6.07, 6.45) is 13.6. The summed E-state index contributed by atoms with van der Waals surface area (Å²) in [5.74, 6) is 0.106. The van der Waals surface area contributed by atoms with E-state index in [9.17, 15) is 9.59 Å². The largest absolute Gasteiger partial charge is 0.354 e. The van der Waals surface area contributed by atoms with E-state index in [2.05, 4.69) is 16.7 Å². The molecule has 0 aromatic carbocycles. The Morgan fingerprint density at radius 3 is 2.57 bits per heavy atom. The fourth-order valence-electron chi connectivity index (χ4n) is 3.23. The lowest BCUT2D eigenvalue weighted by molar-refractivity contribution is -0.129. The molecule has 2 aliphatic rings. The minimum absolute atomic E-state index is 0.0554. The predicted molar refractivity (Wildman–Crippen MR) is 83.8 cm³/mol. The van der Waals surface area contributed by atoms with Crippen molar-refractivity contribution in [3.05, 3.63) is 11.6 Å². The molecule has 2 N–H and O–H groups in total. The maximum atomic E-state index is 11.9. The number of rotatable bonds is 6. The van der Waals surface area contributed by atoms with E-state index in [1.165, 1.54) is 37.7 Å². The van der Waals surface area contributed by atoms with Crippen LogP contribution in [0.1, 0.15) is 64.2 Å². The summed E-state index contributed by atoms with van der Waals surface area (Å²) in [5.41, 5.74) is 1.47. The highest BCUT2D eigenvalue weighted by atomic mass is 16.2. The van der Waals surface area contributed by atoms with Crippen molar-refractivity contribution in [1.82, 2.24) is 10.6 Å². The zero-order valence-corrected chi connectivity index (χ0v) is 13.0. The number of amides is 2. The molecule has 21 heavy (non-hydrogen) atoms. The lowest BCUT2D eigenvalue weighted by Crippen LogP contribution is -2.40. The van der Waals surface area contributed by atoms with Gasteiger partial charge in [0, 0.05) is 12.5 Å². The van der Waals surface area contributed by atoms with Gasteiger partial charge in [-0.1, -0.05) is 30.9 Å². The zero-order chi connectivity index (χ0) is 14.9. The second-order valence-corrected chi connectivity index (χ2v) is 6.26. The molecule has 0 aliphatic heterocycles. The summed E-state index contributed by atoms with van der Waals surface area (Å²) >= 11 is 0. The second-order valence-electron chi connectivity index (χ2n) is 6.26. The number of carbonyl (C=O) groups is 2. The number of carbonyl (C=O) groups excluding carboxylic acids is 2. The van der Waals surface area contributed by atoms with Gasteiger partial charge in [0.2, 0.25) is 11.8 Å². The van der Waals surface area contributed by atoms with Crippen molar-refractivity contribution in [2.75, 3.05) is 13.1 Å². The molecule has 2 amide bonds. The van der Waals surface area contributed by atoms with Gasteiger partial charge in [-0.15, -0.1) is 0 Å². The third-order valence-corrected chi connectivity index (χ3v) is 4.55. The van der Waals surface area contributed by atoms with E-state index in [4.69, 9.17) is 0 Å². The van der Waals surface area contributed by atoms with Crippen LogP contribution in [0.3, 0.4) is 0 Å². The van der Waals surface area contributed by atoms with Crippen LogP contribution >= 0.6 is 0 Å². The lowest BCUT2D eigenvalue weighted by Gasteiger charge is -2.20. The molecular formula is C17H28N2O2. The number of hydrogen-bond acceptors (Lipinski definition) is 2. The van der Waals surface area contributed by atoms with Crippen LogP contribution in [-0.4, -0.2) is 24.9 Å². The van der Waals surface area contributed by atoms with Crippen LogP contribution in [-0.2, 0) is 9.59 Å². The third kappa shape index (κ3) is 5.90. The highest BCUT2D eigenvalue weighted by Crippen LogP contribution is 2.23. The SMILES string of the molecule is O=C(CNC(=O)C1CCCCC1)NCCC1=CCCCC1. The molecule has 1 saturated carbocycles. The first kappa shape index (κ1) is 16.1. The molecule has 0 saturated heterocycles. The Kier molecular flexibility index (Phi) is 6.77. The minimum Gasteiger partial charge on any atom is -0.354 e. The first-order chi connectivity index (χ1) is 10.3. The fourth-order valence-corrected chi connectivity index (χ4v) is 3.23. The average molecular weight is 292 g/mol. The van der Waals surface area contributed by atoms with Gasteiger partial charge in [0.1, 0.15) is 0 Å². The van der Waals surface area contributed by atoms with Crippen molar-refractivity contribution >= 4 is 11.8 Å². The summed E-state index contributed by atoms with van der Waals surface area (Å²) in [6.45, 7) is 0.804. The molecule has 1 fully saturated rings. The standard InChI is InChI=1S/C17H28N2O2/c20-16(18-12-11-14-7-3-1-4-8-14)13-19-17(21)15-9-5-2-6-10-15/h7,15H,1-6,8-13H2,(H,18,20)(H,19,21). The molecule has 0 aromatic heterocycles. The van der Waals surface area contributed by atoms with Gasteiger partial charge in [-0.25, -0.2) is 0 Å². The molecule has 0 unspecified atom stereocenters. The van der Waals surface area contributed by atoms with Crippen LogP contribution < -0.4 is 10.6 Å². The van der Waals surface area contributed by atoms with E-state index in [1.807, 2.05) is 0 Å². The van der Waals surface area contributed by atoms with Crippen LogP contribution in [0, 0.1) is 5.92 Å². The highest BCUT2D eigenvalue weighted by molar-refractivity contribution is 5.85. The van der Waals surface area contributed by atoms with Crippen LogP contribution in [0.4, 0.5) is 0 Å². The smallest absolute Gasteiger partial charge is 0.239 e. The Morgan fingerprint density at radius 2 is 1.86 bits per heavy atom. The Hall–Kier alpha value is -1.32. The Labute approximate surface area is 127 Å². The number of nitrogens with one attached hydrogen (secondary N) is 2. The van der Waals surface area contributed by atoms with Gasteiger partial charge >= 0.3 is 0 Å². The molecule has 0 spiro atoms. The topological polar surface area (TPSA) is 58.2 Å². The fraction of sp³-hybridized carbons (Fsp3) is 0.765. The van der Waals surface area contributed by atoms with Crippen molar-refractivity contribution in [2.24, 2.45) is 5.92 Å². The van der Waals surface area contributed by atoms with E-state index >= 15 is 0 Å². The Morgan fingerprint density at radius 1 is 1.05 bits per heavy atom. The van der Waals surface area contributed by atoms with Crippen molar-refractivity contribution in [2.45, 2.75) is 64.2 Å². The predicted octanol–water partition coefficient (Wildman–Crippen LogP) is 2.69. The summed E-state index contributed by atoms with van der Waals surface area (Å²) in [7, 11) is 0. The Balaban J connectivity index is 1.56. The maximum absolute atomic E-state index is 11.9. The van der Waals surface area contributed by atoms with Gasteiger partial charge in [0.05, 0.1) is 6.54 Å². The van der Waals surface area contributed by atoms with Gasteiger partial charge in [-0.05, 0) is 44.9 Å². The van der Waals surface area contributed by atoms with Gasteiger partial charge in [0.15, 0.2) is 0 Å². The van der Waals surface area contributed by atoms with E-state index < -0.39 is 0 Å². The summed E-state index contributed by atoms with van der Waals surface area (Å²) < 4.78 is 0. The molecule has 2 rings (SSSR count). The quantitative estimate of drug-likeness (QED) is 0.740. The monoisotopic (exact) mass is 292 g/mol. The molecule has 2 aliphatic carbocycles.